The molecule has 2 heterocycles. The monoisotopic (exact) mass is 500 g/mol. The van der Waals surface area contributed by atoms with Crippen molar-refractivity contribution in [1.82, 2.24) is 9.88 Å². The Morgan fingerprint density at radius 2 is 1.82 bits per heavy atom. The Morgan fingerprint density at radius 3 is 2.53 bits per heavy atom. The molecule has 0 unspecified atom stereocenters. The SMILES string of the molecule is O=S(=O)(Cc1ccc(OC(F)F)cc1)c1cccc2[nH]cc(CCN3CC[C@H](OC(F)F)C3)c12. The molecule has 34 heavy (non-hydrogen) atoms. The molecule has 1 aliphatic heterocycles. The van der Waals surface area contributed by atoms with E-state index in [1.807, 2.05) is 4.90 Å². The highest BCUT2D eigenvalue weighted by molar-refractivity contribution is 7.90. The quantitative estimate of drug-likeness (QED) is 0.412. The molecule has 6 nitrogen and oxygen atoms in total. The maximum Gasteiger partial charge on any atom is 0.387 e. The summed E-state index contributed by atoms with van der Waals surface area (Å²) in [4.78, 5) is 5.30. The third-order valence-electron chi connectivity index (χ3n) is 5.81. The molecule has 1 N–H and O–H groups in total. The second-order valence-electron chi connectivity index (χ2n) is 8.13. The van der Waals surface area contributed by atoms with Gasteiger partial charge in [-0.25, -0.2) is 8.42 Å². The number of hydrogen-bond donors (Lipinski definition) is 1. The highest BCUT2D eigenvalue weighted by Gasteiger charge is 2.26. The van der Waals surface area contributed by atoms with Crippen molar-refractivity contribution in [1.29, 1.82) is 0 Å². The number of nitrogens with zero attached hydrogens (tertiary/aromatic N) is 1. The second kappa shape index (κ2) is 10.3. The van der Waals surface area contributed by atoms with Crippen LogP contribution in [0, 0.1) is 0 Å². The van der Waals surface area contributed by atoms with Crippen molar-refractivity contribution < 1.29 is 35.5 Å². The molecule has 1 atom stereocenters. The van der Waals surface area contributed by atoms with Crippen molar-refractivity contribution in [3.8, 4) is 5.75 Å². The first kappa shape index (κ1) is 24.5. The first-order chi connectivity index (χ1) is 16.2. The molecule has 1 aliphatic rings. The largest absolute Gasteiger partial charge is 0.435 e. The van der Waals surface area contributed by atoms with Crippen LogP contribution in [0.3, 0.4) is 0 Å². The van der Waals surface area contributed by atoms with Crippen LogP contribution in [0.4, 0.5) is 17.6 Å². The summed E-state index contributed by atoms with van der Waals surface area (Å²) in [7, 11) is -3.75. The average molecular weight is 501 g/mol. The number of benzene rings is 2. The number of nitrogens with one attached hydrogen (secondary N) is 1. The fourth-order valence-electron chi connectivity index (χ4n) is 4.28. The number of rotatable bonds is 10. The van der Waals surface area contributed by atoms with Gasteiger partial charge in [0.15, 0.2) is 9.84 Å². The number of hydrogen-bond acceptors (Lipinski definition) is 5. The molecule has 1 aromatic heterocycles. The minimum absolute atomic E-state index is 0.0470. The van der Waals surface area contributed by atoms with Crippen molar-refractivity contribution in [2.75, 3.05) is 19.6 Å². The molecule has 0 saturated carbocycles. The van der Waals surface area contributed by atoms with Crippen LogP contribution in [-0.4, -0.2) is 57.3 Å². The van der Waals surface area contributed by atoms with E-state index in [-0.39, 0.29) is 16.4 Å². The lowest BCUT2D eigenvalue weighted by Gasteiger charge is -2.16. The van der Waals surface area contributed by atoms with E-state index in [2.05, 4.69) is 14.5 Å². The number of halogens is 4. The topological polar surface area (TPSA) is 71.6 Å². The highest BCUT2D eigenvalue weighted by Crippen LogP contribution is 2.30. The lowest BCUT2D eigenvalue weighted by atomic mass is 10.1. The van der Waals surface area contributed by atoms with Crippen LogP contribution in [0.15, 0.2) is 53.6 Å². The van der Waals surface area contributed by atoms with Gasteiger partial charge in [-0.2, -0.15) is 17.6 Å². The molecular formula is C23H24F4N2O4S. The molecule has 1 saturated heterocycles. The van der Waals surface area contributed by atoms with Crippen LogP contribution in [0.5, 0.6) is 5.75 Å². The standard InChI is InChI=1S/C23H24F4N2O4S/c24-22(25)32-17-6-4-15(5-7-17)14-34(30,31)20-3-1-2-19-21(20)16(12-28-19)8-10-29-11-9-18(13-29)33-23(26)27/h1-7,12,18,22-23,28H,8-11,13-14H2/t18-/m0/s1. The zero-order chi connectivity index (χ0) is 24.3. The van der Waals surface area contributed by atoms with Crippen molar-refractivity contribution in [2.24, 2.45) is 0 Å². The van der Waals surface area contributed by atoms with Crippen LogP contribution < -0.4 is 4.74 Å². The molecule has 0 aliphatic carbocycles. The summed E-state index contributed by atoms with van der Waals surface area (Å²) in [5, 5.41) is 0.597. The van der Waals surface area contributed by atoms with Gasteiger partial charge in [0.2, 0.25) is 0 Å². The molecular weight excluding hydrogens is 476 g/mol. The fraction of sp³-hybridized carbons (Fsp3) is 0.391. The molecule has 0 bridgehead atoms. The molecule has 2 aromatic carbocycles. The zero-order valence-electron chi connectivity index (χ0n) is 18.1. The first-order valence-corrected chi connectivity index (χ1v) is 12.4. The number of ether oxygens (including phenoxy) is 2. The van der Waals surface area contributed by atoms with Gasteiger partial charge in [-0.3, -0.25) is 0 Å². The fourth-order valence-corrected chi connectivity index (χ4v) is 5.90. The average Bonchev–Trinajstić information content (AvgIpc) is 3.39. The predicted molar refractivity (Wildman–Crippen MR) is 118 cm³/mol. The number of likely N-dealkylation sites (tertiary alicyclic amines) is 1. The van der Waals surface area contributed by atoms with Gasteiger partial charge in [-0.15, -0.1) is 0 Å². The van der Waals surface area contributed by atoms with Crippen molar-refractivity contribution in [3.63, 3.8) is 0 Å². The third-order valence-corrected chi connectivity index (χ3v) is 7.54. The van der Waals surface area contributed by atoms with Gasteiger partial charge in [-0.1, -0.05) is 18.2 Å². The summed E-state index contributed by atoms with van der Waals surface area (Å²) in [6.45, 7) is -4.13. The molecule has 0 radical (unpaired) electrons. The Hall–Kier alpha value is -2.63. The third kappa shape index (κ3) is 5.89. The van der Waals surface area contributed by atoms with Gasteiger partial charge in [0.05, 0.1) is 16.8 Å². The van der Waals surface area contributed by atoms with Crippen LogP contribution in [0.2, 0.25) is 0 Å². The lowest BCUT2D eigenvalue weighted by molar-refractivity contribution is -0.158. The molecule has 11 heteroatoms. The molecule has 0 spiro atoms. The number of aromatic nitrogens is 1. The van der Waals surface area contributed by atoms with E-state index in [0.29, 0.717) is 48.9 Å². The Balaban J connectivity index is 1.50. The highest BCUT2D eigenvalue weighted by atomic mass is 32.2. The maximum absolute atomic E-state index is 13.3. The summed E-state index contributed by atoms with van der Waals surface area (Å²) in [5.41, 5.74) is 1.93. The van der Waals surface area contributed by atoms with E-state index in [1.54, 1.807) is 24.4 Å². The molecule has 3 aromatic rings. The van der Waals surface area contributed by atoms with Crippen LogP contribution in [-0.2, 0) is 26.7 Å². The molecule has 1 fully saturated rings. The smallest absolute Gasteiger partial charge is 0.387 e. The summed E-state index contributed by atoms with van der Waals surface area (Å²) in [6.07, 6.45) is 2.33. The number of alkyl halides is 4. The van der Waals surface area contributed by atoms with E-state index in [9.17, 15) is 26.0 Å². The normalized spacial score (nSPS) is 17.3. The van der Waals surface area contributed by atoms with Crippen molar-refractivity contribution >= 4 is 20.7 Å². The minimum atomic E-state index is -3.75. The van der Waals surface area contributed by atoms with E-state index in [0.717, 1.165) is 5.56 Å². The summed E-state index contributed by atoms with van der Waals surface area (Å²) in [6, 6.07) is 10.5. The van der Waals surface area contributed by atoms with E-state index in [1.165, 1.54) is 24.3 Å². The molecule has 4 rings (SSSR count). The minimum Gasteiger partial charge on any atom is -0.435 e. The van der Waals surface area contributed by atoms with Gasteiger partial charge in [0, 0.05) is 36.7 Å². The predicted octanol–water partition coefficient (Wildman–Crippen LogP) is 4.60. The van der Waals surface area contributed by atoms with Gasteiger partial charge in [-0.05, 0) is 48.2 Å². The number of sulfone groups is 1. The van der Waals surface area contributed by atoms with Gasteiger partial charge in [0.25, 0.3) is 0 Å². The number of H-pyrrole nitrogens is 1. The molecule has 0 amide bonds. The lowest BCUT2D eigenvalue weighted by Crippen LogP contribution is -2.26. The molecule has 184 valence electrons. The Labute approximate surface area is 194 Å². The van der Waals surface area contributed by atoms with E-state index < -0.39 is 29.2 Å². The van der Waals surface area contributed by atoms with Gasteiger partial charge < -0.3 is 19.4 Å². The summed E-state index contributed by atoms with van der Waals surface area (Å²) < 4.78 is 85.0. The Bertz CT molecular complexity index is 1220. The summed E-state index contributed by atoms with van der Waals surface area (Å²) >= 11 is 0. The maximum atomic E-state index is 13.3. The van der Waals surface area contributed by atoms with Crippen LogP contribution in [0.1, 0.15) is 17.5 Å². The Kier molecular flexibility index (Phi) is 7.44. The first-order valence-electron chi connectivity index (χ1n) is 10.7. The van der Waals surface area contributed by atoms with E-state index in [4.69, 9.17) is 0 Å². The van der Waals surface area contributed by atoms with Crippen molar-refractivity contribution in [3.05, 3.63) is 59.8 Å². The Morgan fingerprint density at radius 1 is 1.06 bits per heavy atom. The number of fused-ring (bicyclic) bond motifs is 1. The van der Waals surface area contributed by atoms with E-state index >= 15 is 0 Å². The number of aromatic amines is 1. The van der Waals surface area contributed by atoms with Crippen molar-refractivity contribution in [2.45, 2.75) is 42.8 Å². The van der Waals surface area contributed by atoms with Crippen LogP contribution >= 0.6 is 0 Å². The van der Waals surface area contributed by atoms with Gasteiger partial charge in [0.1, 0.15) is 5.75 Å². The zero-order valence-corrected chi connectivity index (χ0v) is 18.9. The van der Waals surface area contributed by atoms with Gasteiger partial charge >= 0.3 is 13.2 Å². The second-order valence-corrected chi connectivity index (χ2v) is 10.1. The van der Waals surface area contributed by atoms with Crippen LogP contribution in [0.25, 0.3) is 10.9 Å². The summed E-state index contributed by atoms with van der Waals surface area (Å²) in [5.74, 6) is -0.348.